The highest BCUT2D eigenvalue weighted by atomic mass is 16.4. The summed E-state index contributed by atoms with van der Waals surface area (Å²) in [6, 6.07) is 0. The number of hydrogen-bond acceptors (Lipinski definition) is 2. The molecule has 0 aromatic rings. The lowest BCUT2D eigenvalue weighted by Crippen LogP contribution is -2.44. The van der Waals surface area contributed by atoms with Crippen LogP contribution in [0.15, 0.2) is 0 Å². The maximum Gasteiger partial charge on any atom is 0.323 e. The number of carboxylic acid groups (broad SMARTS) is 1. The largest absolute Gasteiger partial charge is 0.480 e. The van der Waals surface area contributed by atoms with E-state index in [9.17, 15) is 4.79 Å². The smallest absolute Gasteiger partial charge is 0.323 e. The van der Waals surface area contributed by atoms with Crippen molar-refractivity contribution in [2.45, 2.75) is 52.5 Å². The number of rotatable bonds is 5. The van der Waals surface area contributed by atoms with Gasteiger partial charge in [-0.1, -0.05) is 33.6 Å². The molecule has 1 unspecified atom stereocenters. The van der Waals surface area contributed by atoms with Crippen molar-refractivity contribution in [1.82, 2.24) is 0 Å². The second kappa shape index (κ2) is 6.00. The van der Waals surface area contributed by atoms with E-state index < -0.39 is 11.5 Å². The van der Waals surface area contributed by atoms with E-state index in [0.29, 0.717) is 6.42 Å². The molecule has 3 N–H and O–H groups in total. The summed E-state index contributed by atoms with van der Waals surface area (Å²) in [5.41, 5.74) is 4.47. The molecule has 0 heterocycles. The van der Waals surface area contributed by atoms with Crippen molar-refractivity contribution in [1.29, 1.82) is 0 Å². The van der Waals surface area contributed by atoms with Gasteiger partial charge in [-0.25, -0.2) is 0 Å². The second-order valence-electron chi connectivity index (χ2n) is 3.18. The van der Waals surface area contributed by atoms with Gasteiger partial charge in [0.2, 0.25) is 0 Å². The fraction of sp³-hybridized carbons (Fsp3) is 0.889. The molecule has 74 valence electrons. The molecular weight excluding hydrogens is 154 g/mol. The lowest BCUT2D eigenvalue weighted by atomic mass is 9.96. The minimum atomic E-state index is -1.03. The van der Waals surface area contributed by atoms with E-state index in [-0.39, 0.29) is 7.43 Å². The number of carbonyl (C=O) groups is 1. The van der Waals surface area contributed by atoms with Crippen molar-refractivity contribution >= 4 is 5.97 Å². The summed E-state index contributed by atoms with van der Waals surface area (Å²) in [6.45, 7) is 3.64. The first-order valence-corrected chi connectivity index (χ1v) is 4.03. The third kappa shape index (κ3) is 5.13. The molecule has 3 nitrogen and oxygen atoms in total. The summed E-state index contributed by atoms with van der Waals surface area (Å²) >= 11 is 0. The zero-order valence-electron chi connectivity index (χ0n) is 7.26. The number of nitrogens with two attached hydrogens (primary N) is 1. The molecule has 0 bridgehead atoms. The molecule has 0 amide bonds. The predicted octanol–water partition coefficient (Wildman–Crippen LogP) is 2.00. The highest BCUT2D eigenvalue weighted by Gasteiger charge is 2.26. The molecule has 0 fully saturated rings. The van der Waals surface area contributed by atoms with E-state index in [1.165, 1.54) is 0 Å². The quantitative estimate of drug-likeness (QED) is 0.628. The first-order valence-electron chi connectivity index (χ1n) is 4.03. The Kier molecular flexibility index (Phi) is 6.99. The van der Waals surface area contributed by atoms with Gasteiger partial charge in [0.1, 0.15) is 5.54 Å². The maximum atomic E-state index is 10.5. The zero-order chi connectivity index (χ0) is 8.91. The predicted molar refractivity (Wildman–Crippen MR) is 51.1 cm³/mol. The first-order chi connectivity index (χ1) is 5.00. The van der Waals surface area contributed by atoms with Gasteiger partial charge in [-0.15, -0.1) is 0 Å². The van der Waals surface area contributed by atoms with Crippen LogP contribution in [0.3, 0.4) is 0 Å². The number of carboxylic acids is 1. The normalized spacial score (nSPS) is 14.6. The molecule has 0 aliphatic carbocycles. The Bertz CT molecular complexity index is 132. The van der Waals surface area contributed by atoms with Crippen LogP contribution in [0.25, 0.3) is 0 Å². The van der Waals surface area contributed by atoms with Crippen molar-refractivity contribution < 1.29 is 9.90 Å². The van der Waals surface area contributed by atoms with Gasteiger partial charge in [-0.05, 0) is 13.3 Å². The van der Waals surface area contributed by atoms with Crippen molar-refractivity contribution in [2.24, 2.45) is 5.73 Å². The SMILES string of the molecule is C.CCCCCC(C)(N)C(=O)O. The molecule has 1 atom stereocenters. The van der Waals surface area contributed by atoms with Crippen LogP contribution in [0.4, 0.5) is 0 Å². The average molecular weight is 175 g/mol. The molecule has 0 saturated heterocycles. The summed E-state index contributed by atoms with van der Waals surface area (Å²) in [5.74, 6) is -0.909. The topological polar surface area (TPSA) is 63.3 Å². The number of unbranched alkanes of at least 4 members (excludes halogenated alkanes) is 2. The molecule has 12 heavy (non-hydrogen) atoms. The van der Waals surface area contributed by atoms with Gasteiger partial charge in [-0.3, -0.25) is 4.79 Å². The Morgan fingerprint density at radius 3 is 2.33 bits per heavy atom. The lowest BCUT2D eigenvalue weighted by Gasteiger charge is -2.18. The highest BCUT2D eigenvalue weighted by molar-refractivity contribution is 5.77. The lowest BCUT2D eigenvalue weighted by molar-refractivity contribution is -0.142. The van der Waals surface area contributed by atoms with E-state index in [4.69, 9.17) is 10.8 Å². The van der Waals surface area contributed by atoms with E-state index >= 15 is 0 Å². The van der Waals surface area contributed by atoms with E-state index in [1.54, 1.807) is 6.92 Å². The van der Waals surface area contributed by atoms with Gasteiger partial charge in [-0.2, -0.15) is 0 Å². The van der Waals surface area contributed by atoms with Gasteiger partial charge in [0, 0.05) is 0 Å². The van der Waals surface area contributed by atoms with Gasteiger partial charge in [0.25, 0.3) is 0 Å². The fourth-order valence-electron chi connectivity index (χ4n) is 0.849. The maximum absolute atomic E-state index is 10.5. The number of aliphatic carboxylic acids is 1. The van der Waals surface area contributed by atoms with Crippen LogP contribution in [0.2, 0.25) is 0 Å². The van der Waals surface area contributed by atoms with Crippen LogP contribution in [-0.4, -0.2) is 16.6 Å². The fourth-order valence-corrected chi connectivity index (χ4v) is 0.849. The van der Waals surface area contributed by atoms with Crippen molar-refractivity contribution in [2.75, 3.05) is 0 Å². The number of hydrogen-bond donors (Lipinski definition) is 2. The molecule has 0 aliphatic rings. The van der Waals surface area contributed by atoms with Crippen LogP contribution in [0.5, 0.6) is 0 Å². The Balaban J connectivity index is 0. The van der Waals surface area contributed by atoms with Crippen LogP contribution in [0.1, 0.15) is 47.0 Å². The van der Waals surface area contributed by atoms with Crippen molar-refractivity contribution in [3.63, 3.8) is 0 Å². The molecule has 0 aromatic carbocycles. The third-order valence-electron chi connectivity index (χ3n) is 1.79. The molecule has 0 spiro atoms. The molecule has 0 radical (unpaired) electrons. The van der Waals surface area contributed by atoms with Gasteiger partial charge < -0.3 is 10.8 Å². The van der Waals surface area contributed by atoms with Crippen LogP contribution in [-0.2, 0) is 4.79 Å². The second-order valence-corrected chi connectivity index (χ2v) is 3.18. The summed E-state index contributed by atoms with van der Waals surface area (Å²) in [6.07, 6.45) is 3.61. The van der Waals surface area contributed by atoms with Crippen LogP contribution < -0.4 is 5.73 Å². The van der Waals surface area contributed by atoms with E-state index in [1.807, 2.05) is 0 Å². The van der Waals surface area contributed by atoms with E-state index in [2.05, 4.69) is 6.92 Å². The van der Waals surface area contributed by atoms with Gasteiger partial charge in [0.05, 0.1) is 0 Å². The van der Waals surface area contributed by atoms with Gasteiger partial charge >= 0.3 is 5.97 Å². The third-order valence-corrected chi connectivity index (χ3v) is 1.79. The van der Waals surface area contributed by atoms with Gasteiger partial charge in [0.15, 0.2) is 0 Å². The Morgan fingerprint density at radius 2 is 2.00 bits per heavy atom. The van der Waals surface area contributed by atoms with Crippen LogP contribution in [0, 0.1) is 0 Å². The van der Waals surface area contributed by atoms with Crippen LogP contribution >= 0.6 is 0 Å². The molecule has 0 saturated carbocycles. The monoisotopic (exact) mass is 175 g/mol. The summed E-state index contributed by atoms with van der Waals surface area (Å²) < 4.78 is 0. The highest BCUT2D eigenvalue weighted by Crippen LogP contribution is 2.11. The molecule has 0 aromatic heterocycles. The summed E-state index contributed by atoms with van der Waals surface area (Å²) in [5, 5.41) is 8.62. The Hall–Kier alpha value is -0.570. The average Bonchev–Trinajstić information content (AvgIpc) is 1.88. The minimum Gasteiger partial charge on any atom is -0.480 e. The molecular formula is C9H21NO2. The van der Waals surface area contributed by atoms with Crippen molar-refractivity contribution in [3.05, 3.63) is 0 Å². The molecule has 0 aliphatic heterocycles. The van der Waals surface area contributed by atoms with Crippen molar-refractivity contribution in [3.8, 4) is 0 Å². The standard InChI is InChI=1S/C8H17NO2.CH4/c1-3-4-5-6-8(2,9)7(10)11;/h3-6,9H2,1-2H3,(H,10,11);1H4. The summed E-state index contributed by atoms with van der Waals surface area (Å²) in [7, 11) is 0. The Morgan fingerprint density at radius 1 is 1.50 bits per heavy atom. The van der Waals surface area contributed by atoms with E-state index in [0.717, 1.165) is 19.3 Å². The Labute approximate surface area is 75.0 Å². The minimum absolute atomic E-state index is 0. The summed E-state index contributed by atoms with van der Waals surface area (Å²) in [4.78, 5) is 10.5. The molecule has 3 heteroatoms. The molecule has 0 rings (SSSR count). The first kappa shape index (κ1) is 14.0. The zero-order valence-corrected chi connectivity index (χ0v) is 7.26.